The largest absolute Gasteiger partial charge is 0.465 e. The maximum atomic E-state index is 13.2. The predicted octanol–water partition coefficient (Wildman–Crippen LogP) is 2.15. The van der Waals surface area contributed by atoms with Crippen molar-refractivity contribution in [2.45, 2.75) is 44.2 Å². The normalized spacial score (nSPS) is 13.2. The minimum Gasteiger partial charge on any atom is -0.465 e. The summed E-state index contributed by atoms with van der Waals surface area (Å²) in [6.07, 6.45) is -2.30. The molecule has 2 atom stereocenters. The van der Waals surface area contributed by atoms with E-state index in [0.717, 1.165) is 5.56 Å². The van der Waals surface area contributed by atoms with E-state index in [1.165, 1.54) is 28.6 Å². The highest BCUT2D eigenvalue weighted by atomic mass is 32.2. The molecular formula is C23H35N3O6S. The number of nitrogens with two attached hydrogens (primary N) is 1. The van der Waals surface area contributed by atoms with Gasteiger partial charge in [0.05, 0.1) is 17.0 Å². The van der Waals surface area contributed by atoms with E-state index in [4.69, 9.17) is 10.8 Å². The lowest BCUT2D eigenvalue weighted by molar-refractivity contribution is 0.0980. The van der Waals surface area contributed by atoms with Crippen LogP contribution in [0.4, 0.5) is 10.5 Å². The highest BCUT2D eigenvalue weighted by molar-refractivity contribution is 7.89. The summed E-state index contributed by atoms with van der Waals surface area (Å²) in [5.41, 5.74) is 6.92. The van der Waals surface area contributed by atoms with Gasteiger partial charge in [0.15, 0.2) is 0 Å². The number of carboxylic acid groups (broad SMARTS) is 1. The van der Waals surface area contributed by atoms with E-state index in [9.17, 15) is 23.4 Å². The van der Waals surface area contributed by atoms with Gasteiger partial charge in [0.2, 0.25) is 10.0 Å². The first-order valence-corrected chi connectivity index (χ1v) is 12.1. The van der Waals surface area contributed by atoms with Crippen molar-refractivity contribution in [2.75, 3.05) is 25.4 Å². The molecule has 0 saturated carbocycles. The molecule has 2 aromatic rings. The fourth-order valence-corrected chi connectivity index (χ4v) is 4.73. The van der Waals surface area contributed by atoms with Gasteiger partial charge in [-0.25, -0.2) is 13.2 Å². The molecule has 6 N–H and O–H groups in total. The first-order chi connectivity index (χ1) is 15.5. The third kappa shape index (κ3) is 9.79. The zero-order valence-electron chi connectivity index (χ0n) is 19.3. The lowest BCUT2D eigenvalue weighted by Gasteiger charge is -2.30. The average Bonchev–Trinajstić information content (AvgIpc) is 2.74. The topological polar surface area (TPSA) is 153 Å². The van der Waals surface area contributed by atoms with E-state index in [-0.39, 0.29) is 36.9 Å². The lowest BCUT2D eigenvalue weighted by atomic mass is 10.0. The second-order valence-electron chi connectivity index (χ2n) is 7.91. The number of nitrogens with zero attached hydrogens (tertiary/aromatic N) is 1. The number of aliphatic hydroxyl groups excluding tert-OH is 2. The number of carbonyl (C=O) groups is 1. The number of benzene rings is 2. The minimum atomic E-state index is -3.90. The van der Waals surface area contributed by atoms with Gasteiger partial charge < -0.3 is 26.4 Å². The fraction of sp³-hybridized carbons (Fsp3) is 0.435. The number of hydrogen-bond donors (Lipinski definition) is 5. The highest BCUT2D eigenvalue weighted by Gasteiger charge is 2.31. The molecule has 0 aromatic heterocycles. The zero-order valence-corrected chi connectivity index (χ0v) is 20.1. The van der Waals surface area contributed by atoms with E-state index in [2.05, 4.69) is 5.32 Å². The van der Waals surface area contributed by atoms with Crippen LogP contribution in [-0.2, 0) is 16.4 Å². The number of rotatable bonds is 10. The van der Waals surface area contributed by atoms with Gasteiger partial charge in [-0.15, -0.1) is 0 Å². The van der Waals surface area contributed by atoms with Crippen molar-refractivity contribution >= 4 is 21.8 Å². The molecule has 0 radical (unpaired) electrons. The summed E-state index contributed by atoms with van der Waals surface area (Å²) in [6, 6.07) is 14.1. The summed E-state index contributed by atoms with van der Waals surface area (Å²) in [5, 5.41) is 29.9. The van der Waals surface area contributed by atoms with Crippen LogP contribution in [0.3, 0.4) is 0 Å². The molecule has 0 spiro atoms. The van der Waals surface area contributed by atoms with Crippen LogP contribution in [0.25, 0.3) is 0 Å². The van der Waals surface area contributed by atoms with Crippen molar-refractivity contribution in [1.82, 2.24) is 9.62 Å². The molecule has 9 nitrogen and oxygen atoms in total. The molecule has 0 bridgehead atoms. The van der Waals surface area contributed by atoms with Gasteiger partial charge in [-0.3, -0.25) is 0 Å². The molecule has 10 heteroatoms. The van der Waals surface area contributed by atoms with Crippen molar-refractivity contribution in [3.8, 4) is 0 Å². The Morgan fingerprint density at radius 2 is 1.61 bits per heavy atom. The third-order valence-electron chi connectivity index (χ3n) is 4.55. The summed E-state index contributed by atoms with van der Waals surface area (Å²) in [7, 11) is -3.90. The fourth-order valence-electron chi connectivity index (χ4n) is 3.11. The Bertz CT molecular complexity index is 936. The van der Waals surface area contributed by atoms with Gasteiger partial charge in [0.1, 0.15) is 0 Å². The summed E-state index contributed by atoms with van der Waals surface area (Å²) in [6.45, 7) is 5.60. The molecule has 0 aliphatic rings. The number of sulfonamides is 1. The van der Waals surface area contributed by atoms with Crippen LogP contribution >= 0.6 is 0 Å². The SMILES string of the molecule is CC(C)CN(C[C@@H](O)[C@H](Cc1ccccc1)NC(=O)O)S(=O)(=O)c1ccc(N)cc1.CCO. The molecule has 0 saturated heterocycles. The Labute approximate surface area is 195 Å². The lowest BCUT2D eigenvalue weighted by Crippen LogP contribution is -2.50. The summed E-state index contributed by atoms with van der Waals surface area (Å²) < 4.78 is 27.5. The highest BCUT2D eigenvalue weighted by Crippen LogP contribution is 2.20. The monoisotopic (exact) mass is 481 g/mol. The second kappa shape index (κ2) is 13.8. The van der Waals surface area contributed by atoms with Crippen molar-refractivity contribution in [2.24, 2.45) is 5.92 Å². The molecule has 0 unspecified atom stereocenters. The molecule has 0 aliphatic carbocycles. The summed E-state index contributed by atoms with van der Waals surface area (Å²) >= 11 is 0. The van der Waals surface area contributed by atoms with Gasteiger partial charge in [0.25, 0.3) is 0 Å². The van der Waals surface area contributed by atoms with Crippen LogP contribution in [0, 0.1) is 5.92 Å². The molecule has 1 amide bonds. The molecule has 2 rings (SSSR count). The summed E-state index contributed by atoms with van der Waals surface area (Å²) in [5.74, 6) is 0.000706. The van der Waals surface area contributed by atoms with E-state index in [1.54, 1.807) is 6.92 Å². The van der Waals surface area contributed by atoms with Crippen molar-refractivity contribution in [3.63, 3.8) is 0 Å². The number of aliphatic hydroxyl groups is 2. The van der Waals surface area contributed by atoms with Crippen molar-refractivity contribution in [1.29, 1.82) is 0 Å². The van der Waals surface area contributed by atoms with Gasteiger partial charge in [-0.2, -0.15) is 4.31 Å². The number of anilines is 1. The molecule has 0 heterocycles. The molecule has 2 aromatic carbocycles. The minimum absolute atomic E-state index is 0.000706. The van der Waals surface area contributed by atoms with Gasteiger partial charge in [-0.05, 0) is 49.1 Å². The Hall–Kier alpha value is -2.66. The Balaban J connectivity index is 0.00000172. The first kappa shape index (κ1) is 28.4. The van der Waals surface area contributed by atoms with Gasteiger partial charge in [0, 0.05) is 25.4 Å². The van der Waals surface area contributed by atoms with Crippen molar-refractivity contribution < 1.29 is 28.5 Å². The first-order valence-electron chi connectivity index (χ1n) is 10.7. The number of nitrogens with one attached hydrogen (secondary N) is 1. The van der Waals surface area contributed by atoms with E-state index in [0.29, 0.717) is 5.69 Å². The molecule has 33 heavy (non-hydrogen) atoms. The average molecular weight is 482 g/mol. The van der Waals surface area contributed by atoms with Crippen molar-refractivity contribution in [3.05, 3.63) is 60.2 Å². The Kier molecular flexibility index (Phi) is 11.9. The van der Waals surface area contributed by atoms with E-state index < -0.39 is 28.3 Å². The second-order valence-corrected chi connectivity index (χ2v) is 9.85. The standard InChI is InChI=1S/C21H29N3O5S.C2H6O/c1-15(2)13-24(30(28,29)18-10-8-17(22)9-11-18)14-20(25)19(23-21(26)27)12-16-6-4-3-5-7-16;1-2-3/h3-11,15,19-20,23,25H,12-14,22H2,1-2H3,(H,26,27);3H,2H2,1H3/t19-,20+;/m0./s1. The van der Waals surface area contributed by atoms with E-state index in [1.807, 2.05) is 44.2 Å². The maximum Gasteiger partial charge on any atom is 0.404 e. The van der Waals surface area contributed by atoms with Crippen LogP contribution in [0.2, 0.25) is 0 Å². The smallest absolute Gasteiger partial charge is 0.404 e. The Morgan fingerprint density at radius 3 is 2.09 bits per heavy atom. The Morgan fingerprint density at radius 1 is 1.06 bits per heavy atom. The third-order valence-corrected chi connectivity index (χ3v) is 6.39. The van der Waals surface area contributed by atoms with Gasteiger partial charge in [-0.1, -0.05) is 44.2 Å². The van der Waals surface area contributed by atoms with Crippen LogP contribution in [0.1, 0.15) is 26.3 Å². The number of nitrogen functional groups attached to an aromatic ring is 1. The van der Waals surface area contributed by atoms with Crippen LogP contribution < -0.4 is 11.1 Å². The quantitative estimate of drug-likeness (QED) is 0.326. The number of hydrogen-bond acceptors (Lipinski definition) is 6. The zero-order chi connectivity index (χ0) is 25.0. The maximum absolute atomic E-state index is 13.2. The van der Waals surface area contributed by atoms with Crippen LogP contribution in [0.15, 0.2) is 59.5 Å². The van der Waals surface area contributed by atoms with Crippen LogP contribution in [-0.4, -0.2) is 66.0 Å². The summed E-state index contributed by atoms with van der Waals surface area (Å²) in [4.78, 5) is 11.3. The molecule has 0 aliphatic heterocycles. The number of amides is 1. The van der Waals surface area contributed by atoms with E-state index >= 15 is 0 Å². The molecule has 184 valence electrons. The molecular weight excluding hydrogens is 446 g/mol. The van der Waals surface area contributed by atoms with Crippen LogP contribution in [0.5, 0.6) is 0 Å². The molecule has 0 fully saturated rings. The predicted molar refractivity (Wildman–Crippen MR) is 128 cm³/mol. The van der Waals surface area contributed by atoms with Gasteiger partial charge >= 0.3 is 6.09 Å².